The van der Waals surface area contributed by atoms with Crippen LogP contribution in [0.2, 0.25) is 0 Å². The van der Waals surface area contributed by atoms with Gasteiger partial charge in [0.25, 0.3) is 5.69 Å². The third-order valence-corrected chi connectivity index (χ3v) is 7.26. The molecule has 0 aliphatic rings. The van der Waals surface area contributed by atoms with Crippen molar-refractivity contribution in [2.45, 2.75) is 55.4 Å². The Morgan fingerprint density at radius 1 is 0.615 bits per heavy atom. The van der Waals surface area contributed by atoms with Crippen molar-refractivity contribution in [1.82, 2.24) is 30.0 Å². The van der Waals surface area contributed by atoms with Crippen LogP contribution >= 0.6 is 0 Å². The van der Waals surface area contributed by atoms with Crippen LogP contribution in [0.3, 0.4) is 0 Å². The van der Waals surface area contributed by atoms with Crippen molar-refractivity contribution in [3.05, 3.63) is 97.3 Å². The maximum atomic E-state index is 12.2. The molecule has 39 heavy (non-hydrogen) atoms. The fraction of sp³-hybridized carbons (Fsp3) is 0.267. The molecule has 0 saturated carbocycles. The van der Waals surface area contributed by atoms with E-state index in [2.05, 4.69) is 58.7 Å². The number of nitro groups is 1. The molecular weight excluding hydrogens is 490 g/mol. The molecule has 0 saturated heterocycles. The van der Waals surface area contributed by atoms with Crippen molar-refractivity contribution in [1.29, 1.82) is 0 Å². The second-order valence-electron chi connectivity index (χ2n) is 10.4. The fourth-order valence-electron chi connectivity index (χ4n) is 5.76. The standard InChI is InChI=1S/C30H31N7O2/c1-16-9-18(3)28(19(4)10-16)35-14-26(31-33-35)24-13-25(23(8)30(22(24)7)37(38)39)27-15-36(34-32-27)29-20(5)11-17(2)12-21(29)6/h9-15H,1-8H3. The summed E-state index contributed by atoms with van der Waals surface area (Å²) in [6.07, 6.45) is 3.65. The first-order valence-electron chi connectivity index (χ1n) is 12.8. The molecule has 0 atom stereocenters. The molecule has 0 aliphatic heterocycles. The number of rotatable bonds is 5. The number of nitro benzene ring substituents is 1. The minimum Gasteiger partial charge on any atom is -0.258 e. The van der Waals surface area contributed by atoms with E-state index >= 15 is 0 Å². The fourth-order valence-corrected chi connectivity index (χ4v) is 5.76. The summed E-state index contributed by atoms with van der Waals surface area (Å²) >= 11 is 0. The van der Waals surface area contributed by atoms with Gasteiger partial charge in [-0.1, -0.05) is 45.8 Å². The summed E-state index contributed by atoms with van der Waals surface area (Å²) in [7, 11) is 0. The molecule has 0 aliphatic carbocycles. The Hall–Kier alpha value is -4.66. The van der Waals surface area contributed by atoms with Crippen molar-refractivity contribution in [2.75, 3.05) is 0 Å². The summed E-state index contributed by atoms with van der Waals surface area (Å²) in [5, 5.41) is 29.9. The van der Waals surface area contributed by atoms with Crippen molar-refractivity contribution >= 4 is 5.69 Å². The van der Waals surface area contributed by atoms with Gasteiger partial charge in [0.2, 0.25) is 0 Å². The van der Waals surface area contributed by atoms with Crippen LogP contribution in [0.4, 0.5) is 5.69 Å². The summed E-state index contributed by atoms with van der Waals surface area (Å²) < 4.78 is 3.48. The quantitative estimate of drug-likeness (QED) is 0.192. The van der Waals surface area contributed by atoms with E-state index in [4.69, 9.17) is 0 Å². The van der Waals surface area contributed by atoms with Crippen LogP contribution in [0.25, 0.3) is 33.9 Å². The third kappa shape index (κ3) is 4.50. The number of aryl methyl sites for hydroxylation is 6. The van der Waals surface area contributed by atoms with Crippen LogP contribution in [-0.4, -0.2) is 34.9 Å². The highest BCUT2D eigenvalue weighted by Crippen LogP contribution is 2.39. The Kier molecular flexibility index (Phi) is 6.38. The van der Waals surface area contributed by atoms with Crippen molar-refractivity contribution in [3.63, 3.8) is 0 Å². The average Bonchev–Trinajstić information content (AvgIpc) is 3.48. The summed E-state index contributed by atoms with van der Waals surface area (Å²) in [5.41, 5.74) is 12.0. The topological polar surface area (TPSA) is 105 Å². The zero-order valence-electron chi connectivity index (χ0n) is 23.5. The number of hydrogen-bond donors (Lipinski definition) is 0. The highest BCUT2D eigenvalue weighted by atomic mass is 16.6. The minimum atomic E-state index is -0.338. The van der Waals surface area contributed by atoms with Gasteiger partial charge in [-0.2, -0.15) is 0 Å². The molecule has 2 aromatic heterocycles. The smallest absolute Gasteiger partial charge is 0.258 e. The van der Waals surface area contributed by atoms with Gasteiger partial charge < -0.3 is 0 Å². The number of nitrogens with zero attached hydrogens (tertiary/aromatic N) is 7. The van der Waals surface area contributed by atoms with Crippen LogP contribution in [-0.2, 0) is 0 Å². The predicted molar refractivity (Wildman–Crippen MR) is 152 cm³/mol. The number of aromatic nitrogens is 6. The van der Waals surface area contributed by atoms with Crippen LogP contribution in [0, 0.1) is 65.5 Å². The Bertz CT molecular complexity index is 1610. The zero-order valence-corrected chi connectivity index (χ0v) is 23.5. The monoisotopic (exact) mass is 521 g/mol. The molecule has 0 amide bonds. The molecule has 0 bridgehead atoms. The Morgan fingerprint density at radius 2 is 0.974 bits per heavy atom. The Balaban J connectivity index is 1.66. The molecule has 9 heteroatoms. The van der Waals surface area contributed by atoms with Crippen LogP contribution in [0.5, 0.6) is 0 Å². The predicted octanol–water partition coefficient (Wildman–Crippen LogP) is 6.56. The van der Waals surface area contributed by atoms with E-state index in [0.29, 0.717) is 33.6 Å². The Morgan fingerprint density at radius 3 is 1.31 bits per heavy atom. The number of benzene rings is 3. The van der Waals surface area contributed by atoms with Crippen LogP contribution in [0.15, 0.2) is 42.7 Å². The maximum Gasteiger partial charge on any atom is 0.276 e. The SMILES string of the molecule is Cc1cc(C)c(-n2cc(-c3cc(-c4cn(-c5c(C)cc(C)cc5C)nn4)c(C)c([N+](=O)[O-])c3C)nn2)c(C)c1. The van der Waals surface area contributed by atoms with Gasteiger partial charge in [-0.25, -0.2) is 9.36 Å². The van der Waals surface area contributed by atoms with Gasteiger partial charge in [-0.05, 0) is 83.7 Å². The molecular formula is C30H31N7O2. The zero-order chi connectivity index (χ0) is 28.2. The summed E-state index contributed by atoms with van der Waals surface area (Å²) in [6, 6.07) is 10.3. The number of hydrogen-bond acceptors (Lipinski definition) is 6. The minimum absolute atomic E-state index is 0.0389. The normalized spacial score (nSPS) is 11.3. The third-order valence-electron chi connectivity index (χ3n) is 7.26. The van der Waals surface area contributed by atoms with Gasteiger partial charge in [0, 0.05) is 22.3 Å². The van der Waals surface area contributed by atoms with Crippen molar-refractivity contribution in [3.8, 4) is 33.9 Å². The van der Waals surface area contributed by atoms with Gasteiger partial charge in [0.15, 0.2) is 0 Å². The van der Waals surface area contributed by atoms with Crippen LogP contribution in [0.1, 0.15) is 44.5 Å². The first kappa shape index (κ1) is 26.0. The Labute approximate surface area is 227 Å². The first-order valence-corrected chi connectivity index (χ1v) is 12.8. The molecule has 3 aromatic carbocycles. The highest BCUT2D eigenvalue weighted by Gasteiger charge is 2.26. The van der Waals surface area contributed by atoms with E-state index in [1.165, 1.54) is 11.1 Å². The molecule has 5 aromatic rings. The van der Waals surface area contributed by atoms with Crippen LogP contribution < -0.4 is 0 Å². The van der Waals surface area contributed by atoms with Gasteiger partial charge in [0.05, 0.1) is 28.7 Å². The lowest BCUT2D eigenvalue weighted by Crippen LogP contribution is -2.02. The maximum absolute atomic E-state index is 12.2. The summed E-state index contributed by atoms with van der Waals surface area (Å²) in [6.45, 7) is 15.8. The largest absolute Gasteiger partial charge is 0.276 e. The van der Waals surface area contributed by atoms with E-state index in [-0.39, 0.29) is 10.6 Å². The molecule has 0 radical (unpaired) electrons. The second-order valence-corrected chi connectivity index (χ2v) is 10.4. The van der Waals surface area contributed by atoms with Crippen molar-refractivity contribution < 1.29 is 4.92 Å². The van der Waals surface area contributed by atoms with E-state index in [9.17, 15) is 10.1 Å². The van der Waals surface area contributed by atoms with Crippen molar-refractivity contribution in [2.24, 2.45) is 0 Å². The van der Waals surface area contributed by atoms with Gasteiger partial charge in [-0.15, -0.1) is 10.2 Å². The molecule has 9 nitrogen and oxygen atoms in total. The molecule has 0 unspecified atom stereocenters. The summed E-state index contributed by atoms with van der Waals surface area (Å²) in [5.74, 6) is 0. The molecule has 198 valence electrons. The lowest BCUT2D eigenvalue weighted by Gasteiger charge is -2.12. The van der Waals surface area contributed by atoms with E-state index in [0.717, 1.165) is 33.6 Å². The van der Waals surface area contributed by atoms with Gasteiger partial charge in [-0.3, -0.25) is 10.1 Å². The van der Waals surface area contributed by atoms with Gasteiger partial charge >= 0.3 is 0 Å². The van der Waals surface area contributed by atoms with E-state index in [1.807, 2.05) is 46.2 Å². The lowest BCUT2D eigenvalue weighted by molar-refractivity contribution is -0.385. The molecule has 0 fully saturated rings. The highest BCUT2D eigenvalue weighted by molar-refractivity contribution is 5.80. The molecule has 5 rings (SSSR count). The average molecular weight is 522 g/mol. The molecule has 0 N–H and O–H groups in total. The summed E-state index contributed by atoms with van der Waals surface area (Å²) in [4.78, 5) is 11.9. The first-order chi connectivity index (χ1) is 18.5. The second kappa shape index (κ2) is 9.58. The molecule has 2 heterocycles. The molecule has 0 spiro atoms. The van der Waals surface area contributed by atoms with E-state index in [1.54, 1.807) is 23.2 Å². The van der Waals surface area contributed by atoms with E-state index < -0.39 is 0 Å². The lowest BCUT2D eigenvalue weighted by atomic mass is 9.94. The van der Waals surface area contributed by atoms with Gasteiger partial charge in [0.1, 0.15) is 11.4 Å².